The summed E-state index contributed by atoms with van der Waals surface area (Å²) in [6.07, 6.45) is 3.97. The number of anilines is 2. The number of carbonyl (C=O) groups excluding carboxylic acids is 1. The fraction of sp³-hybridized carbons (Fsp3) is 0.353. The number of benzene rings is 1. The summed E-state index contributed by atoms with van der Waals surface area (Å²) in [6.45, 7) is 6.81. The van der Waals surface area contributed by atoms with Crippen LogP contribution >= 0.6 is 11.6 Å². The Morgan fingerprint density at radius 3 is 2.61 bits per heavy atom. The van der Waals surface area contributed by atoms with Crippen LogP contribution in [0.15, 0.2) is 30.6 Å². The Bertz CT molecular complexity index is 671. The van der Waals surface area contributed by atoms with Crippen molar-refractivity contribution in [3.05, 3.63) is 46.7 Å². The second-order valence-corrected chi connectivity index (χ2v) is 6.18. The van der Waals surface area contributed by atoms with Crippen LogP contribution in [-0.4, -0.2) is 22.4 Å². The van der Waals surface area contributed by atoms with E-state index in [0.29, 0.717) is 29.0 Å². The van der Waals surface area contributed by atoms with Crippen molar-refractivity contribution in [3.8, 4) is 0 Å². The molecule has 0 bridgehead atoms. The summed E-state index contributed by atoms with van der Waals surface area (Å²) in [5, 5.41) is 6.64. The van der Waals surface area contributed by atoms with Gasteiger partial charge in [0.15, 0.2) is 0 Å². The van der Waals surface area contributed by atoms with Gasteiger partial charge >= 0.3 is 0 Å². The molecule has 0 spiro atoms. The first kappa shape index (κ1) is 17.2. The number of hydrogen-bond acceptors (Lipinski definition) is 4. The zero-order valence-electron chi connectivity index (χ0n) is 13.6. The van der Waals surface area contributed by atoms with Crippen molar-refractivity contribution in [2.45, 2.75) is 27.2 Å². The first-order valence-corrected chi connectivity index (χ1v) is 7.97. The molecule has 0 unspecified atom stereocenters. The SMILES string of the molecule is Cc1c(Cl)cccc1Nc1ncc(C(=O)NCCC(C)C)cn1. The van der Waals surface area contributed by atoms with Gasteiger partial charge in [-0.25, -0.2) is 9.97 Å². The Labute approximate surface area is 141 Å². The molecule has 0 saturated heterocycles. The number of aromatic nitrogens is 2. The first-order valence-electron chi connectivity index (χ1n) is 7.59. The molecule has 0 saturated carbocycles. The summed E-state index contributed by atoms with van der Waals surface area (Å²) < 4.78 is 0. The monoisotopic (exact) mass is 332 g/mol. The van der Waals surface area contributed by atoms with Crippen LogP contribution in [0.1, 0.15) is 36.2 Å². The molecule has 2 rings (SSSR count). The van der Waals surface area contributed by atoms with Crippen LogP contribution in [0.2, 0.25) is 5.02 Å². The van der Waals surface area contributed by atoms with Gasteiger partial charge in [0.2, 0.25) is 5.95 Å². The highest BCUT2D eigenvalue weighted by Crippen LogP contribution is 2.24. The third-order valence-electron chi connectivity index (χ3n) is 3.44. The van der Waals surface area contributed by atoms with Crippen LogP contribution in [0.5, 0.6) is 0 Å². The lowest BCUT2D eigenvalue weighted by Gasteiger charge is -2.10. The smallest absolute Gasteiger partial charge is 0.254 e. The van der Waals surface area contributed by atoms with Crippen LogP contribution in [0, 0.1) is 12.8 Å². The maximum atomic E-state index is 12.0. The number of amides is 1. The fourth-order valence-electron chi connectivity index (χ4n) is 1.95. The Balaban J connectivity index is 1.99. The lowest BCUT2D eigenvalue weighted by Crippen LogP contribution is -2.25. The van der Waals surface area contributed by atoms with Crippen molar-refractivity contribution in [3.63, 3.8) is 0 Å². The highest BCUT2D eigenvalue weighted by Gasteiger charge is 2.08. The molecular formula is C17H21ClN4O. The largest absolute Gasteiger partial charge is 0.352 e. The van der Waals surface area contributed by atoms with E-state index in [0.717, 1.165) is 17.7 Å². The second-order valence-electron chi connectivity index (χ2n) is 5.77. The van der Waals surface area contributed by atoms with Crippen molar-refractivity contribution < 1.29 is 4.79 Å². The van der Waals surface area contributed by atoms with Crippen molar-refractivity contribution in [2.75, 3.05) is 11.9 Å². The van der Waals surface area contributed by atoms with Crippen molar-refractivity contribution >= 4 is 29.1 Å². The standard InChI is InChI=1S/C17H21ClN4O/c1-11(2)7-8-19-16(23)13-9-20-17(21-10-13)22-15-6-4-5-14(18)12(15)3/h4-6,9-11H,7-8H2,1-3H3,(H,19,23)(H,20,21,22). The van der Waals surface area contributed by atoms with E-state index in [2.05, 4.69) is 34.4 Å². The van der Waals surface area contributed by atoms with Gasteiger partial charge in [0.1, 0.15) is 0 Å². The number of halogens is 1. The van der Waals surface area contributed by atoms with E-state index in [1.165, 1.54) is 12.4 Å². The van der Waals surface area contributed by atoms with Gasteiger partial charge in [-0.3, -0.25) is 4.79 Å². The lowest BCUT2D eigenvalue weighted by molar-refractivity contribution is 0.0951. The quantitative estimate of drug-likeness (QED) is 0.840. The Hall–Kier alpha value is -2.14. The molecule has 0 aliphatic rings. The summed E-state index contributed by atoms with van der Waals surface area (Å²) >= 11 is 6.08. The van der Waals surface area contributed by atoms with Crippen molar-refractivity contribution in [1.29, 1.82) is 0 Å². The second kappa shape index (κ2) is 7.92. The van der Waals surface area contributed by atoms with Gasteiger partial charge in [0, 0.05) is 29.6 Å². The third-order valence-corrected chi connectivity index (χ3v) is 3.84. The third kappa shape index (κ3) is 4.93. The van der Waals surface area contributed by atoms with E-state index >= 15 is 0 Å². The van der Waals surface area contributed by atoms with E-state index in [9.17, 15) is 4.79 Å². The minimum atomic E-state index is -0.156. The minimum Gasteiger partial charge on any atom is -0.352 e. The highest BCUT2D eigenvalue weighted by molar-refractivity contribution is 6.31. The van der Waals surface area contributed by atoms with Gasteiger partial charge in [-0.1, -0.05) is 31.5 Å². The van der Waals surface area contributed by atoms with Crippen molar-refractivity contribution in [2.24, 2.45) is 5.92 Å². The zero-order valence-corrected chi connectivity index (χ0v) is 14.3. The van der Waals surface area contributed by atoms with Gasteiger partial charge < -0.3 is 10.6 Å². The summed E-state index contributed by atoms with van der Waals surface area (Å²) in [7, 11) is 0. The van der Waals surface area contributed by atoms with E-state index in [1.54, 1.807) is 0 Å². The van der Waals surface area contributed by atoms with Gasteiger partial charge in [0.25, 0.3) is 5.91 Å². The number of hydrogen-bond donors (Lipinski definition) is 2. The average molecular weight is 333 g/mol. The molecule has 23 heavy (non-hydrogen) atoms. The molecule has 0 aliphatic carbocycles. The molecule has 0 radical (unpaired) electrons. The molecule has 0 fully saturated rings. The van der Waals surface area contributed by atoms with Crippen LogP contribution in [-0.2, 0) is 0 Å². The summed E-state index contributed by atoms with van der Waals surface area (Å²) in [5.74, 6) is 0.823. The first-order chi connectivity index (χ1) is 11.0. The number of rotatable bonds is 6. The maximum absolute atomic E-state index is 12.0. The van der Waals surface area contributed by atoms with Crippen LogP contribution in [0.4, 0.5) is 11.6 Å². The number of nitrogens with one attached hydrogen (secondary N) is 2. The minimum absolute atomic E-state index is 0.156. The van der Waals surface area contributed by atoms with E-state index in [4.69, 9.17) is 11.6 Å². The van der Waals surface area contributed by atoms with Crippen molar-refractivity contribution in [1.82, 2.24) is 15.3 Å². The Morgan fingerprint density at radius 1 is 1.26 bits per heavy atom. The maximum Gasteiger partial charge on any atom is 0.254 e. The molecule has 1 amide bonds. The predicted molar refractivity (Wildman–Crippen MR) is 93.3 cm³/mol. The topological polar surface area (TPSA) is 66.9 Å². The molecule has 2 aromatic rings. The summed E-state index contributed by atoms with van der Waals surface area (Å²) in [6, 6.07) is 5.58. The molecule has 0 atom stereocenters. The molecule has 6 heteroatoms. The van der Waals surface area contributed by atoms with Gasteiger partial charge in [-0.15, -0.1) is 0 Å². The molecule has 1 aromatic heterocycles. The average Bonchev–Trinajstić information content (AvgIpc) is 2.52. The molecule has 0 aliphatic heterocycles. The molecule has 1 heterocycles. The molecule has 2 N–H and O–H groups in total. The zero-order chi connectivity index (χ0) is 16.8. The van der Waals surface area contributed by atoms with E-state index in [1.807, 2.05) is 25.1 Å². The van der Waals surface area contributed by atoms with Gasteiger partial charge in [-0.2, -0.15) is 0 Å². The van der Waals surface area contributed by atoms with Gasteiger partial charge in [0.05, 0.1) is 5.56 Å². The van der Waals surface area contributed by atoms with Crippen LogP contribution in [0.3, 0.4) is 0 Å². The van der Waals surface area contributed by atoms with Gasteiger partial charge in [-0.05, 0) is 37.0 Å². The molecule has 122 valence electrons. The number of nitrogens with zero attached hydrogens (tertiary/aromatic N) is 2. The number of carbonyl (C=O) groups is 1. The predicted octanol–water partition coefficient (Wildman–Crippen LogP) is 3.96. The Kier molecular flexibility index (Phi) is 5.93. The van der Waals surface area contributed by atoms with Crippen LogP contribution < -0.4 is 10.6 Å². The molecule has 1 aromatic carbocycles. The Morgan fingerprint density at radius 2 is 1.96 bits per heavy atom. The normalized spacial score (nSPS) is 10.7. The fourth-order valence-corrected chi connectivity index (χ4v) is 2.12. The molecular weight excluding hydrogens is 312 g/mol. The van der Waals surface area contributed by atoms with Crippen LogP contribution in [0.25, 0.3) is 0 Å². The highest BCUT2D eigenvalue weighted by atomic mass is 35.5. The summed E-state index contributed by atoms with van der Waals surface area (Å²) in [5.41, 5.74) is 2.21. The van der Waals surface area contributed by atoms with E-state index in [-0.39, 0.29) is 5.91 Å². The summed E-state index contributed by atoms with van der Waals surface area (Å²) in [4.78, 5) is 20.3. The molecule has 5 nitrogen and oxygen atoms in total. The lowest BCUT2D eigenvalue weighted by atomic mass is 10.1. The van der Waals surface area contributed by atoms with E-state index < -0.39 is 0 Å².